The van der Waals surface area contributed by atoms with E-state index < -0.39 is 12.0 Å². The van der Waals surface area contributed by atoms with Crippen LogP contribution in [0.4, 0.5) is 5.69 Å². The number of nitrogens with two attached hydrogens (primary N) is 1. The maximum atomic E-state index is 12.2. The van der Waals surface area contributed by atoms with Gasteiger partial charge in [-0.05, 0) is 11.5 Å². The van der Waals surface area contributed by atoms with Gasteiger partial charge in [0, 0.05) is 24.6 Å². The number of methoxy groups -OCH3 is 1. The predicted octanol–water partition coefficient (Wildman–Crippen LogP) is -0.113. The molecule has 2 aromatic rings. The Morgan fingerprint density at radius 2 is 1.96 bits per heavy atom. The second-order valence-corrected chi connectivity index (χ2v) is 5.58. The lowest BCUT2D eigenvalue weighted by Crippen LogP contribution is -2.93. The van der Waals surface area contributed by atoms with E-state index in [0.717, 1.165) is 10.8 Å². The Morgan fingerprint density at radius 1 is 1.21 bits per heavy atom. The fourth-order valence-electron chi connectivity index (χ4n) is 2.54. The van der Waals surface area contributed by atoms with Crippen molar-refractivity contribution >= 4 is 28.3 Å². The van der Waals surface area contributed by atoms with Crippen molar-refractivity contribution in [2.24, 2.45) is 0 Å². The van der Waals surface area contributed by atoms with E-state index in [9.17, 15) is 14.7 Å². The summed E-state index contributed by atoms with van der Waals surface area (Å²) in [6, 6.07) is 12.4. The number of ether oxygens (including phenoxy) is 1. The van der Waals surface area contributed by atoms with Crippen molar-refractivity contribution in [1.82, 2.24) is 0 Å². The molecule has 6 nitrogen and oxygen atoms in total. The van der Waals surface area contributed by atoms with Gasteiger partial charge in [0.1, 0.15) is 6.04 Å². The maximum absolute atomic E-state index is 12.2. The van der Waals surface area contributed by atoms with E-state index in [2.05, 4.69) is 5.32 Å². The quantitative estimate of drug-likeness (QED) is 0.627. The van der Waals surface area contributed by atoms with E-state index in [1.54, 1.807) is 18.5 Å². The molecule has 0 radical (unpaired) electrons. The molecule has 0 heterocycles. The lowest BCUT2D eigenvalue weighted by Gasteiger charge is -2.16. The third-order valence-corrected chi connectivity index (χ3v) is 3.78. The molecule has 2 aromatic carbocycles. The summed E-state index contributed by atoms with van der Waals surface area (Å²) in [5, 5.41) is 17.5. The Balaban J connectivity index is 1.98. The first kappa shape index (κ1) is 17.9. The van der Waals surface area contributed by atoms with Crippen molar-refractivity contribution in [2.75, 3.05) is 25.6 Å². The smallest absolute Gasteiger partial charge is 0.230 e. The van der Waals surface area contributed by atoms with Crippen LogP contribution < -0.4 is 15.7 Å². The molecule has 1 amide bonds. The minimum atomic E-state index is -1.24. The molecule has 0 aliphatic rings. The van der Waals surface area contributed by atoms with Gasteiger partial charge in [-0.2, -0.15) is 0 Å². The number of hydrogen-bond acceptors (Lipinski definition) is 4. The van der Waals surface area contributed by atoms with E-state index in [1.165, 1.54) is 0 Å². The number of quaternary nitrogens is 1. The molecule has 3 N–H and O–H groups in total. The molecule has 2 rings (SSSR count). The molecule has 0 aliphatic heterocycles. The minimum Gasteiger partial charge on any atom is -0.544 e. The molecular weight excluding hydrogens is 308 g/mol. The number of anilines is 1. The van der Waals surface area contributed by atoms with Gasteiger partial charge in [-0.25, -0.2) is 0 Å². The van der Waals surface area contributed by atoms with Crippen molar-refractivity contribution < 1.29 is 24.7 Å². The summed E-state index contributed by atoms with van der Waals surface area (Å²) in [7, 11) is 1.59. The van der Waals surface area contributed by atoms with E-state index in [1.807, 2.05) is 36.4 Å². The minimum absolute atomic E-state index is 0.140. The Labute approximate surface area is 140 Å². The Hall–Kier alpha value is -2.44. The standard InChI is InChI=1S/C18H22N2O4/c1-24-11-5-10-19-16(18(22)23)12-17(21)20-15-9-4-7-13-6-2-3-8-14(13)15/h2-4,6-9,16,19H,5,10-12H2,1H3,(H,20,21)(H,22,23)/t16-/m1/s1. The Kier molecular flexibility index (Phi) is 6.72. The number of rotatable bonds is 9. The molecule has 0 saturated carbocycles. The summed E-state index contributed by atoms with van der Waals surface area (Å²) in [6.45, 7) is 1.12. The van der Waals surface area contributed by atoms with Crippen LogP contribution in [0, 0.1) is 0 Å². The van der Waals surface area contributed by atoms with Crippen molar-refractivity contribution in [3.8, 4) is 0 Å². The molecule has 1 atom stereocenters. The number of carbonyl (C=O) groups is 2. The van der Waals surface area contributed by atoms with Gasteiger partial charge in [-0.3, -0.25) is 4.79 Å². The first-order chi connectivity index (χ1) is 11.6. The first-order valence-electron chi connectivity index (χ1n) is 7.92. The van der Waals surface area contributed by atoms with Crippen LogP contribution in [0.5, 0.6) is 0 Å². The maximum Gasteiger partial charge on any atom is 0.230 e. The summed E-state index contributed by atoms with van der Waals surface area (Å²) in [5.41, 5.74) is 0.676. The van der Waals surface area contributed by atoms with Gasteiger partial charge in [0.25, 0.3) is 0 Å². The van der Waals surface area contributed by atoms with Crippen molar-refractivity contribution in [3.63, 3.8) is 0 Å². The normalized spacial score (nSPS) is 12.0. The van der Waals surface area contributed by atoms with Crippen LogP contribution in [0.3, 0.4) is 0 Å². The highest BCUT2D eigenvalue weighted by Crippen LogP contribution is 2.22. The molecular formula is C18H22N2O4. The highest BCUT2D eigenvalue weighted by molar-refractivity contribution is 6.02. The van der Waals surface area contributed by atoms with Crippen LogP contribution in [0.15, 0.2) is 42.5 Å². The van der Waals surface area contributed by atoms with Gasteiger partial charge in [-0.15, -0.1) is 0 Å². The summed E-state index contributed by atoms with van der Waals surface area (Å²) < 4.78 is 4.92. The SMILES string of the molecule is COCCC[NH2+][C@H](CC(=O)Nc1cccc2ccccc12)C(=O)[O-]. The van der Waals surface area contributed by atoms with Crippen molar-refractivity contribution in [3.05, 3.63) is 42.5 Å². The number of fused-ring (bicyclic) bond motifs is 1. The highest BCUT2D eigenvalue weighted by atomic mass is 16.5. The average Bonchev–Trinajstić information content (AvgIpc) is 2.58. The van der Waals surface area contributed by atoms with E-state index in [0.29, 0.717) is 25.3 Å². The number of benzene rings is 2. The Bertz CT molecular complexity index is 697. The summed E-state index contributed by atoms with van der Waals surface area (Å²) in [6.07, 6.45) is 0.573. The van der Waals surface area contributed by atoms with Crippen LogP contribution in [0.2, 0.25) is 0 Å². The zero-order valence-electron chi connectivity index (χ0n) is 13.7. The van der Waals surface area contributed by atoms with Gasteiger partial charge in [-0.1, -0.05) is 36.4 Å². The van der Waals surface area contributed by atoms with E-state index >= 15 is 0 Å². The number of carbonyl (C=O) groups excluding carboxylic acids is 2. The van der Waals surface area contributed by atoms with Crippen LogP contribution in [-0.4, -0.2) is 38.2 Å². The average molecular weight is 330 g/mol. The second kappa shape index (κ2) is 9.00. The Morgan fingerprint density at radius 3 is 2.71 bits per heavy atom. The van der Waals surface area contributed by atoms with E-state index in [4.69, 9.17) is 4.74 Å². The van der Waals surface area contributed by atoms with E-state index in [-0.39, 0.29) is 12.3 Å². The zero-order chi connectivity index (χ0) is 17.4. The molecule has 0 saturated heterocycles. The molecule has 6 heteroatoms. The zero-order valence-corrected chi connectivity index (χ0v) is 13.7. The van der Waals surface area contributed by atoms with Gasteiger partial charge in [0.05, 0.1) is 25.5 Å². The summed E-state index contributed by atoms with van der Waals surface area (Å²) in [4.78, 5) is 23.4. The molecule has 0 spiro atoms. The largest absolute Gasteiger partial charge is 0.544 e. The predicted molar refractivity (Wildman–Crippen MR) is 89.3 cm³/mol. The number of carboxylic acid groups (broad SMARTS) is 1. The molecule has 0 aliphatic carbocycles. The van der Waals surface area contributed by atoms with Gasteiger partial charge >= 0.3 is 0 Å². The van der Waals surface area contributed by atoms with Crippen LogP contribution in [0.25, 0.3) is 10.8 Å². The second-order valence-electron chi connectivity index (χ2n) is 5.58. The molecule has 128 valence electrons. The van der Waals surface area contributed by atoms with Crippen LogP contribution >= 0.6 is 0 Å². The fraction of sp³-hybridized carbons (Fsp3) is 0.333. The summed E-state index contributed by atoms with van der Waals surface area (Å²) >= 11 is 0. The van der Waals surface area contributed by atoms with Crippen LogP contribution in [-0.2, 0) is 14.3 Å². The van der Waals surface area contributed by atoms with Gasteiger partial charge in [0.15, 0.2) is 0 Å². The molecule has 0 unspecified atom stereocenters. The topological polar surface area (TPSA) is 95.1 Å². The third kappa shape index (κ3) is 5.04. The fourth-order valence-corrected chi connectivity index (χ4v) is 2.54. The highest BCUT2D eigenvalue weighted by Gasteiger charge is 2.18. The molecule has 24 heavy (non-hydrogen) atoms. The summed E-state index contributed by atoms with van der Waals surface area (Å²) in [5.74, 6) is -1.58. The first-order valence-corrected chi connectivity index (χ1v) is 7.92. The lowest BCUT2D eigenvalue weighted by molar-refractivity contribution is -0.682. The van der Waals surface area contributed by atoms with Gasteiger partial charge in [0.2, 0.25) is 5.91 Å². The number of hydrogen-bond donors (Lipinski definition) is 2. The number of nitrogens with one attached hydrogen (secondary N) is 1. The lowest BCUT2D eigenvalue weighted by atomic mass is 10.1. The number of aliphatic carboxylic acids is 1. The third-order valence-electron chi connectivity index (χ3n) is 3.78. The molecule has 0 bridgehead atoms. The molecule has 0 aromatic heterocycles. The monoisotopic (exact) mass is 330 g/mol. The molecule has 0 fully saturated rings. The number of carboxylic acids is 1. The number of amides is 1. The van der Waals surface area contributed by atoms with Crippen molar-refractivity contribution in [2.45, 2.75) is 18.9 Å². The van der Waals surface area contributed by atoms with Gasteiger partial charge < -0.3 is 25.3 Å². The van der Waals surface area contributed by atoms with Crippen LogP contribution in [0.1, 0.15) is 12.8 Å². The van der Waals surface area contributed by atoms with Crippen molar-refractivity contribution in [1.29, 1.82) is 0 Å².